The highest BCUT2D eigenvalue weighted by Gasteiger charge is 2.19. The van der Waals surface area contributed by atoms with Gasteiger partial charge in [0, 0.05) is 23.3 Å². The highest BCUT2D eigenvalue weighted by Crippen LogP contribution is 2.21. The first-order valence-electron chi connectivity index (χ1n) is 5.80. The van der Waals surface area contributed by atoms with E-state index in [1.807, 2.05) is 13.8 Å². The molecule has 5 heteroatoms. The highest BCUT2D eigenvalue weighted by atomic mass is 79.9. The summed E-state index contributed by atoms with van der Waals surface area (Å²) in [5.74, 6) is -0.166. The molecule has 0 fully saturated rings. The first kappa shape index (κ1) is 15.0. The quantitative estimate of drug-likeness (QED) is 0.729. The average Bonchev–Trinajstić information content (AvgIpc) is 2.29. The van der Waals surface area contributed by atoms with Gasteiger partial charge in [-0.25, -0.2) is 0 Å². The molecule has 1 aromatic carbocycles. The van der Waals surface area contributed by atoms with E-state index in [0.29, 0.717) is 28.7 Å². The maximum atomic E-state index is 12.0. The van der Waals surface area contributed by atoms with E-state index in [1.165, 1.54) is 0 Å². The lowest BCUT2D eigenvalue weighted by Gasteiger charge is -2.24. The molecule has 4 nitrogen and oxygen atoms in total. The number of halogens is 1. The third-order valence-corrected chi connectivity index (χ3v) is 3.44. The first-order valence-corrected chi connectivity index (χ1v) is 6.59. The van der Waals surface area contributed by atoms with Crippen LogP contribution in [0.25, 0.3) is 0 Å². The van der Waals surface area contributed by atoms with E-state index in [-0.39, 0.29) is 17.9 Å². The lowest BCUT2D eigenvalue weighted by atomic mass is 9.89. The van der Waals surface area contributed by atoms with Gasteiger partial charge >= 0.3 is 0 Å². The standard InChI is InChI=1S/C13H19BrN2O2/c1-13(2,5-6-17)8-16-12(18)10-7-9(15)3-4-11(10)14/h3-4,7,17H,5-6,8,15H2,1-2H3,(H,16,18). The predicted octanol–water partition coefficient (Wildman–Crippen LogP) is 2.17. The van der Waals surface area contributed by atoms with E-state index in [2.05, 4.69) is 21.2 Å². The van der Waals surface area contributed by atoms with Crippen molar-refractivity contribution in [1.29, 1.82) is 0 Å². The van der Waals surface area contributed by atoms with Gasteiger partial charge in [0.2, 0.25) is 0 Å². The minimum Gasteiger partial charge on any atom is -0.399 e. The second kappa shape index (κ2) is 6.20. The third kappa shape index (κ3) is 4.31. The number of aliphatic hydroxyl groups excluding tert-OH is 1. The lowest BCUT2D eigenvalue weighted by molar-refractivity contribution is 0.0927. The molecule has 100 valence electrons. The Morgan fingerprint density at radius 2 is 2.17 bits per heavy atom. The Morgan fingerprint density at radius 3 is 2.78 bits per heavy atom. The van der Waals surface area contributed by atoms with Gasteiger partial charge in [0.25, 0.3) is 5.91 Å². The van der Waals surface area contributed by atoms with Crippen molar-refractivity contribution in [3.63, 3.8) is 0 Å². The molecule has 0 unspecified atom stereocenters. The average molecular weight is 315 g/mol. The second-order valence-corrected chi connectivity index (χ2v) is 5.91. The molecule has 1 rings (SSSR count). The van der Waals surface area contributed by atoms with Crippen LogP contribution < -0.4 is 11.1 Å². The molecular formula is C13H19BrN2O2. The fraction of sp³-hybridized carbons (Fsp3) is 0.462. The topological polar surface area (TPSA) is 75.3 Å². The largest absolute Gasteiger partial charge is 0.399 e. The number of hydrogen-bond donors (Lipinski definition) is 3. The van der Waals surface area contributed by atoms with Crippen LogP contribution in [0.3, 0.4) is 0 Å². The minimum absolute atomic E-state index is 0.116. The van der Waals surface area contributed by atoms with Gasteiger partial charge < -0.3 is 16.2 Å². The van der Waals surface area contributed by atoms with Crippen LogP contribution in [0.15, 0.2) is 22.7 Å². The van der Waals surface area contributed by atoms with Crippen LogP contribution in [-0.4, -0.2) is 24.2 Å². The fourth-order valence-corrected chi connectivity index (χ4v) is 1.95. The van der Waals surface area contributed by atoms with Crippen LogP contribution in [0.4, 0.5) is 5.69 Å². The van der Waals surface area contributed by atoms with E-state index >= 15 is 0 Å². The van der Waals surface area contributed by atoms with Crippen LogP contribution >= 0.6 is 15.9 Å². The van der Waals surface area contributed by atoms with Gasteiger partial charge in [-0.15, -0.1) is 0 Å². The molecule has 0 saturated heterocycles. The number of aliphatic hydroxyl groups is 1. The van der Waals surface area contributed by atoms with E-state index in [9.17, 15) is 4.79 Å². The van der Waals surface area contributed by atoms with Crippen molar-refractivity contribution in [3.8, 4) is 0 Å². The Labute approximate surface area is 116 Å². The third-order valence-electron chi connectivity index (χ3n) is 2.75. The molecule has 0 spiro atoms. The van der Waals surface area contributed by atoms with Gasteiger partial charge in [-0.1, -0.05) is 13.8 Å². The molecule has 0 heterocycles. The van der Waals surface area contributed by atoms with E-state index in [0.717, 1.165) is 0 Å². The molecule has 0 aliphatic rings. The summed E-state index contributed by atoms with van der Waals surface area (Å²) >= 11 is 3.33. The van der Waals surface area contributed by atoms with Gasteiger partial charge in [0.1, 0.15) is 0 Å². The summed E-state index contributed by atoms with van der Waals surface area (Å²) in [4.78, 5) is 12.0. The Morgan fingerprint density at radius 1 is 1.50 bits per heavy atom. The summed E-state index contributed by atoms with van der Waals surface area (Å²) in [6.07, 6.45) is 0.644. The number of nitrogens with one attached hydrogen (secondary N) is 1. The van der Waals surface area contributed by atoms with Crippen LogP contribution in [0.1, 0.15) is 30.6 Å². The normalized spacial score (nSPS) is 11.3. The Hall–Kier alpha value is -1.07. The molecule has 0 aromatic heterocycles. The zero-order valence-electron chi connectivity index (χ0n) is 10.7. The first-order chi connectivity index (χ1) is 8.35. The van der Waals surface area contributed by atoms with Gasteiger partial charge in [-0.2, -0.15) is 0 Å². The van der Waals surface area contributed by atoms with E-state index in [4.69, 9.17) is 10.8 Å². The molecular weight excluding hydrogens is 296 g/mol. The maximum absolute atomic E-state index is 12.0. The van der Waals surface area contributed by atoms with Gasteiger partial charge in [-0.3, -0.25) is 4.79 Å². The summed E-state index contributed by atoms with van der Waals surface area (Å²) < 4.78 is 0.717. The van der Waals surface area contributed by atoms with Crippen LogP contribution in [-0.2, 0) is 0 Å². The Balaban J connectivity index is 2.69. The number of nitrogen functional groups attached to an aromatic ring is 1. The number of nitrogens with two attached hydrogens (primary N) is 1. The van der Waals surface area contributed by atoms with Gasteiger partial charge in [0.15, 0.2) is 0 Å². The summed E-state index contributed by atoms with van der Waals surface area (Å²) in [7, 11) is 0. The summed E-state index contributed by atoms with van der Waals surface area (Å²) in [5, 5.41) is 11.8. The van der Waals surface area contributed by atoms with Crippen LogP contribution in [0, 0.1) is 5.41 Å². The molecule has 0 atom stereocenters. The van der Waals surface area contributed by atoms with Crippen molar-refractivity contribution in [2.75, 3.05) is 18.9 Å². The molecule has 1 amide bonds. The van der Waals surface area contributed by atoms with Crippen molar-refractivity contribution in [2.45, 2.75) is 20.3 Å². The second-order valence-electron chi connectivity index (χ2n) is 5.06. The number of benzene rings is 1. The summed E-state index contributed by atoms with van der Waals surface area (Å²) in [5.41, 5.74) is 6.61. The fourth-order valence-electron chi connectivity index (χ4n) is 1.52. The van der Waals surface area contributed by atoms with Gasteiger partial charge in [0.05, 0.1) is 5.56 Å². The van der Waals surface area contributed by atoms with Crippen molar-refractivity contribution in [1.82, 2.24) is 5.32 Å². The SMILES string of the molecule is CC(C)(CCO)CNC(=O)c1cc(N)ccc1Br. The van der Waals surface area contributed by atoms with Crippen molar-refractivity contribution in [3.05, 3.63) is 28.2 Å². The number of anilines is 1. The molecule has 0 bridgehead atoms. The van der Waals surface area contributed by atoms with E-state index < -0.39 is 0 Å². The Bertz CT molecular complexity index is 433. The molecule has 0 radical (unpaired) electrons. The molecule has 4 N–H and O–H groups in total. The zero-order chi connectivity index (χ0) is 13.8. The minimum atomic E-state index is -0.166. The number of amides is 1. The summed E-state index contributed by atoms with van der Waals surface area (Å²) in [6, 6.07) is 5.12. The molecule has 1 aromatic rings. The van der Waals surface area contributed by atoms with Crippen molar-refractivity contribution >= 4 is 27.5 Å². The number of rotatable bonds is 5. The highest BCUT2D eigenvalue weighted by molar-refractivity contribution is 9.10. The van der Waals surface area contributed by atoms with Crippen molar-refractivity contribution < 1.29 is 9.90 Å². The van der Waals surface area contributed by atoms with E-state index in [1.54, 1.807) is 18.2 Å². The monoisotopic (exact) mass is 314 g/mol. The lowest BCUT2D eigenvalue weighted by Crippen LogP contribution is -2.34. The molecule has 0 aliphatic heterocycles. The number of hydrogen-bond acceptors (Lipinski definition) is 3. The van der Waals surface area contributed by atoms with Crippen LogP contribution in [0.5, 0.6) is 0 Å². The van der Waals surface area contributed by atoms with Crippen molar-refractivity contribution in [2.24, 2.45) is 5.41 Å². The summed E-state index contributed by atoms with van der Waals surface area (Å²) in [6.45, 7) is 4.62. The molecule has 0 saturated carbocycles. The van der Waals surface area contributed by atoms with Gasteiger partial charge in [-0.05, 0) is 46.0 Å². The number of carbonyl (C=O) groups is 1. The predicted molar refractivity (Wildman–Crippen MR) is 76.4 cm³/mol. The maximum Gasteiger partial charge on any atom is 0.252 e. The Kier molecular flexibility index (Phi) is 5.16. The van der Waals surface area contributed by atoms with Crippen LogP contribution in [0.2, 0.25) is 0 Å². The molecule has 0 aliphatic carbocycles. The zero-order valence-corrected chi connectivity index (χ0v) is 12.3. The molecule has 18 heavy (non-hydrogen) atoms. The smallest absolute Gasteiger partial charge is 0.252 e. The number of carbonyl (C=O) groups excluding carboxylic acids is 1.